The van der Waals surface area contributed by atoms with Crippen LogP contribution in [0, 0.1) is 0 Å². The van der Waals surface area contributed by atoms with E-state index in [9.17, 15) is 4.79 Å². The molecule has 2 aromatic heterocycles. The van der Waals surface area contributed by atoms with Gasteiger partial charge in [-0.25, -0.2) is 9.78 Å². The van der Waals surface area contributed by atoms with Crippen LogP contribution in [0.1, 0.15) is 31.5 Å². The van der Waals surface area contributed by atoms with Gasteiger partial charge in [0.15, 0.2) is 5.58 Å². The van der Waals surface area contributed by atoms with Crippen LogP contribution < -0.4 is 5.76 Å². The Morgan fingerprint density at radius 3 is 2.81 bits per heavy atom. The van der Waals surface area contributed by atoms with Crippen LogP contribution >= 0.6 is 27.3 Å². The van der Waals surface area contributed by atoms with Crippen molar-refractivity contribution in [2.45, 2.75) is 32.7 Å². The first-order valence-electron chi connectivity index (χ1n) is 6.58. The Kier molecular flexibility index (Phi) is 3.53. The van der Waals surface area contributed by atoms with Gasteiger partial charge in [-0.1, -0.05) is 36.7 Å². The van der Waals surface area contributed by atoms with Gasteiger partial charge in [0, 0.05) is 15.3 Å². The molecule has 0 saturated carbocycles. The van der Waals surface area contributed by atoms with Crippen LogP contribution in [-0.4, -0.2) is 9.55 Å². The van der Waals surface area contributed by atoms with Gasteiger partial charge in [0.05, 0.1) is 22.8 Å². The van der Waals surface area contributed by atoms with E-state index in [2.05, 4.69) is 41.7 Å². The van der Waals surface area contributed by atoms with Crippen LogP contribution in [-0.2, 0) is 12.0 Å². The van der Waals surface area contributed by atoms with Crippen molar-refractivity contribution in [2.75, 3.05) is 0 Å². The maximum Gasteiger partial charge on any atom is 0.420 e. The molecule has 0 atom stereocenters. The molecule has 6 heteroatoms. The van der Waals surface area contributed by atoms with E-state index in [0.29, 0.717) is 12.1 Å². The van der Waals surface area contributed by atoms with Crippen molar-refractivity contribution in [2.24, 2.45) is 0 Å². The fourth-order valence-electron chi connectivity index (χ4n) is 2.08. The van der Waals surface area contributed by atoms with Crippen LogP contribution in [0.2, 0.25) is 0 Å². The third-order valence-electron chi connectivity index (χ3n) is 3.14. The van der Waals surface area contributed by atoms with E-state index in [1.54, 1.807) is 22.0 Å². The van der Waals surface area contributed by atoms with E-state index >= 15 is 0 Å². The highest BCUT2D eigenvalue weighted by atomic mass is 79.9. The number of nitrogens with zero attached hydrogens (tertiary/aromatic N) is 2. The maximum atomic E-state index is 12.0. The number of rotatable bonds is 2. The molecule has 0 saturated heterocycles. The van der Waals surface area contributed by atoms with E-state index in [0.717, 1.165) is 20.7 Å². The van der Waals surface area contributed by atoms with Gasteiger partial charge >= 0.3 is 5.76 Å². The summed E-state index contributed by atoms with van der Waals surface area (Å²) in [5.41, 5.74) is 2.28. The van der Waals surface area contributed by atoms with Gasteiger partial charge in [-0.2, -0.15) is 0 Å². The third kappa shape index (κ3) is 2.82. The zero-order valence-electron chi connectivity index (χ0n) is 12.0. The van der Waals surface area contributed by atoms with Gasteiger partial charge in [0.2, 0.25) is 0 Å². The maximum absolute atomic E-state index is 12.0. The first-order chi connectivity index (χ1) is 9.84. The van der Waals surface area contributed by atoms with Crippen molar-refractivity contribution in [1.82, 2.24) is 9.55 Å². The summed E-state index contributed by atoms with van der Waals surface area (Å²) >= 11 is 5.00. The monoisotopic (exact) mass is 366 g/mol. The smallest absolute Gasteiger partial charge is 0.408 e. The predicted molar refractivity (Wildman–Crippen MR) is 88.1 cm³/mol. The summed E-state index contributed by atoms with van der Waals surface area (Å²) in [5.74, 6) is -0.353. The number of aromatic nitrogens is 2. The van der Waals surface area contributed by atoms with E-state index in [-0.39, 0.29) is 11.2 Å². The van der Waals surface area contributed by atoms with Crippen molar-refractivity contribution in [3.05, 3.63) is 49.3 Å². The van der Waals surface area contributed by atoms with Gasteiger partial charge in [-0.05, 0) is 18.2 Å². The van der Waals surface area contributed by atoms with Gasteiger partial charge in [0.25, 0.3) is 0 Å². The summed E-state index contributed by atoms with van der Waals surface area (Å²) in [5, 5.41) is 3.08. The van der Waals surface area contributed by atoms with Crippen LogP contribution in [0.5, 0.6) is 0 Å². The van der Waals surface area contributed by atoms with Crippen molar-refractivity contribution >= 4 is 38.4 Å². The molecule has 0 unspecified atom stereocenters. The van der Waals surface area contributed by atoms with E-state index < -0.39 is 0 Å². The molecule has 0 aliphatic rings. The van der Waals surface area contributed by atoms with Crippen LogP contribution in [0.4, 0.5) is 0 Å². The molecule has 2 heterocycles. The summed E-state index contributed by atoms with van der Waals surface area (Å²) < 4.78 is 7.78. The average molecular weight is 367 g/mol. The highest BCUT2D eigenvalue weighted by Crippen LogP contribution is 2.26. The van der Waals surface area contributed by atoms with E-state index in [1.165, 1.54) is 0 Å². The van der Waals surface area contributed by atoms with Crippen LogP contribution in [0.25, 0.3) is 11.1 Å². The van der Waals surface area contributed by atoms with Crippen molar-refractivity contribution in [1.29, 1.82) is 0 Å². The largest absolute Gasteiger partial charge is 0.420 e. The molecule has 110 valence electrons. The number of oxazole rings is 1. The molecule has 0 aliphatic carbocycles. The molecule has 21 heavy (non-hydrogen) atoms. The van der Waals surface area contributed by atoms with Crippen LogP contribution in [0.15, 0.2) is 37.3 Å². The zero-order chi connectivity index (χ0) is 15.2. The summed E-state index contributed by atoms with van der Waals surface area (Å²) in [6, 6.07) is 5.58. The fraction of sp³-hybridized carbons (Fsp3) is 0.333. The molecule has 1 aromatic carbocycles. The van der Waals surface area contributed by atoms with Gasteiger partial charge in [-0.3, -0.25) is 4.57 Å². The first kappa shape index (κ1) is 14.5. The zero-order valence-corrected chi connectivity index (χ0v) is 14.4. The lowest BCUT2D eigenvalue weighted by atomic mass is 9.98. The van der Waals surface area contributed by atoms with Crippen molar-refractivity contribution in [3.8, 4) is 0 Å². The van der Waals surface area contributed by atoms with Gasteiger partial charge < -0.3 is 4.42 Å². The number of fused-ring (bicyclic) bond motifs is 1. The second-order valence-corrected chi connectivity index (χ2v) is 7.73. The lowest BCUT2D eigenvalue weighted by Crippen LogP contribution is -2.16. The summed E-state index contributed by atoms with van der Waals surface area (Å²) in [6.07, 6.45) is 0. The lowest BCUT2D eigenvalue weighted by molar-refractivity contribution is 0.515. The summed E-state index contributed by atoms with van der Waals surface area (Å²) in [4.78, 5) is 16.6. The molecule has 4 nitrogen and oxygen atoms in total. The highest BCUT2D eigenvalue weighted by Gasteiger charge is 2.19. The number of benzene rings is 1. The topological polar surface area (TPSA) is 48.0 Å². The summed E-state index contributed by atoms with van der Waals surface area (Å²) in [6.45, 7) is 6.83. The Labute approximate surface area is 134 Å². The molecular formula is C15H15BrN2O2S. The predicted octanol–water partition coefficient (Wildman–Crippen LogP) is 4.16. The SMILES string of the molecule is CC(C)(C)c1nc(Cn2c(=O)oc3cc(Br)ccc32)cs1. The Hall–Kier alpha value is -1.40. The van der Waals surface area contributed by atoms with Crippen LogP contribution in [0.3, 0.4) is 0 Å². The minimum absolute atomic E-state index is 0.0250. The summed E-state index contributed by atoms with van der Waals surface area (Å²) in [7, 11) is 0. The number of hydrogen-bond acceptors (Lipinski definition) is 4. The number of thiazole rings is 1. The molecule has 0 bridgehead atoms. The molecular weight excluding hydrogens is 352 g/mol. The third-order valence-corrected chi connectivity index (χ3v) is 4.95. The second kappa shape index (κ2) is 5.10. The van der Waals surface area contributed by atoms with Crippen molar-refractivity contribution in [3.63, 3.8) is 0 Å². The fourth-order valence-corrected chi connectivity index (χ4v) is 3.31. The Bertz CT molecular complexity index is 855. The standard InChI is InChI=1S/C15H15BrN2O2S/c1-15(2,3)13-17-10(8-21-13)7-18-11-5-4-9(16)6-12(11)20-14(18)19/h4-6,8H,7H2,1-3H3. The van der Waals surface area contributed by atoms with Gasteiger partial charge in [0.1, 0.15) is 0 Å². The Morgan fingerprint density at radius 1 is 1.38 bits per heavy atom. The van der Waals surface area contributed by atoms with E-state index in [4.69, 9.17) is 4.42 Å². The molecule has 0 amide bonds. The minimum atomic E-state index is -0.353. The Balaban J connectivity index is 2.00. The number of halogens is 1. The van der Waals surface area contributed by atoms with Gasteiger partial charge in [-0.15, -0.1) is 11.3 Å². The second-order valence-electron chi connectivity index (χ2n) is 5.96. The van der Waals surface area contributed by atoms with E-state index in [1.807, 2.05) is 17.5 Å². The normalized spacial score (nSPS) is 12.2. The average Bonchev–Trinajstić information content (AvgIpc) is 2.95. The molecule has 3 aromatic rings. The van der Waals surface area contributed by atoms with Crippen molar-refractivity contribution < 1.29 is 4.42 Å². The molecule has 0 radical (unpaired) electrons. The molecule has 0 spiro atoms. The quantitative estimate of drug-likeness (QED) is 0.683. The lowest BCUT2D eigenvalue weighted by Gasteiger charge is -2.13. The Morgan fingerprint density at radius 2 is 2.14 bits per heavy atom. The first-order valence-corrected chi connectivity index (χ1v) is 8.25. The molecule has 0 N–H and O–H groups in total. The molecule has 0 fully saturated rings. The minimum Gasteiger partial charge on any atom is -0.408 e. The molecule has 3 rings (SSSR count). The number of hydrogen-bond donors (Lipinski definition) is 0. The molecule has 0 aliphatic heterocycles. The highest BCUT2D eigenvalue weighted by molar-refractivity contribution is 9.10.